The molecule has 1 saturated heterocycles. The van der Waals surface area contributed by atoms with Crippen molar-refractivity contribution in [3.63, 3.8) is 0 Å². The number of hydrogen-bond donors (Lipinski definition) is 1. The highest BCUT2D eigenvalue weighted by Gasteiger charge is 2.48. The van der Waals surface area contributed by atoms with E-state index in [-0.39, 0.29) is 11.3 Å². The smallest absolute Gasteiger partial charge is 0.301 e. The van der Waals surface area contributed by atoms with Crippen LogP contribution in [0.1, 0.15) is 17.2 Å². The Kier molecular flexibility index (Phi) is 5.02. The molecule has 1 N–H and O–H groups in total. The molecule has 0 spiro atoms. The number of thiazole rings is 1. The van der Waals surface area contributed by atoms with Gasteiger partial charge in [0.05, 0.1) is 18.7 Å². The van der Waals surface area contributed by atoms with Gasteiger partial charge in [-0.3, -0.25) is 14.5 Å². The summed E-state index contributed by atoms with van der Waals surface area (Å²) in [5.41, 5.74) is 0.969. The quantitative estimate of drug-likeness (QED) is 0.369. The van der Waals surface area contributed by atoms with Crippen LogP contribution in [0.3, 0.4) is 0 Å². The van der Waals surface area contributed by atoms with Gasteiger partial charge in [-0.25, -0.2) is 4.98 Å². The van der Waals surface area contributed by atoms with E-state index in [1.165, 1.54) is 16.2 Å². The van der Waals surface area contributed by atoms with Crippen LogP contribution in [0.25, 0.3) is 5.76 Å². The van der Waals surface area contributed by atoms with E-state index in [4.69, 9.17) is 14.2 Å². The standard InChI is InChI=1S/C23H18N2O6S/c1-29-15-5-2-13(3-6-15)19-18(21(27)22(28)25(19)23-24-8-11-32-23)20(26)14-4-7-16-17(12-14)31-10-9-30-16/h2-8,11-12,19,26H,9-10H2,1H3. The Morgan fingerprint density at radius 3 is 2.56 bits per heavy atom. The number of aliphatic hydroxyl groups is 1. The van der Waals surface area contributed by atoms with E-state index in [1.54, 1.807) is 61.2 Å². The van der Waals surface area contributed by atoms with Gasteiger partial charge in [-0.1, -0.05) is 12.1 Å². The molecule has 3 heterocycles. The zero-order valence-electron chi connectivity index (χ0n) is 17.0. The maximum Gasteiger partial charge on any atom is 0.301 e. The fraction of sp³-hybridized carbons (Fsp3) is 0.174. The monoisotopic (exact) mass is 450 g/mol. The summed E-state index contributed by atoms with van der Waals surface area (Å²) in [4.78, 5) is 31.7. The molecule has 1 atom stereocenters. The molecule has 1 aromatic heterocycles. The Morgan fingerprint density at radius 2 is 1.88 bits per heavy atom. The number of hydrogen-bond acceptors (Lipinski definition) is 8. The number of Topliss-reactive ketones (excluding diaryl/α,β-unsaturated/α-hetero) is 1. The lowest BCUT2D eigenvalue weighted by molar-refractivity contribution is -0.132. The molecule has 5 rings (SSSR count). The summed E-state index contributed by atoms with van der Waals surface area (Å²) in [6.07, 6.45) is 1.56. The zero-order chi connectivity index (χ0) is 22.2. The van der Waals surface area contributed by atoms with Crippen molar-refractivity contribution in [3.8, 4) is 17.2 Å². The molecule has 2 aromatic carbocycles. The van der Waals surface area contributed by atoms with Crippen LogP contribution < -0.4 is 19.1 Å². The lowest BCUT2D eigenvalue weighted by Crippen LogP contribution is -2.29. The molecule has 9 heteroatoms. The molecule has 3 aromatic rings. The Hall–Kier alpha value is -3.85. The van der Waals surface area contributed by atoms with Crippen molar-refractivity contribution in [1.29, 1.82) is 0 Å². The highest BCUT2D eigenvalue weighted by molar-refractivity contribution is 7.14. The van der Waals surface area contributed by atoms with Crippen molar-refractivity contribution < 1.29 is 28.9 Å². The normalized spacial score (nSPS) is 19.3. The molecule has 1 fully saturated rings. The molecular formula is C23H18N2O6S. The second-order valence-corrected chi connectivity index (χ2v) is 7.99. The van der Waals surface area contributed by atoms with E-state index >= 15 is 0 Å². The molecule has 0 aliphatic carbocycles. The van der Waals surface area contributed by atoms with Gasteiger partial charge < -0.3 is 19.3 Å². The third kappa shape index (κ3) is 3.27. The number of fused-ring (bicyclic) bond motifs is 1. The Morgan fingerprint density at radius 1 is 1.12 bits per heavy atom. The third-order valence-electron chi connectivity index (χ3n) is 5.32. The number of carbonyl (C=O) groups excluding carboxylic acids is 2. The fourth-order valence-electron chi connectivity index (χ4n) is 3.81. The average molecular weight is 450 g/mol. The molecule has 0 bridgehead atoms. The van der Waals surface area contributed by atoms with Crippen LogP contribution in [0.15, 0.2) is 59.6 Å². The number of anilines is 1. The number of carbonyl (C=O) groups is 2. The number of amides is 1. The van der Waals surface area contributed by atoms with Crippen molar-refractivity contribution in [2.24, 2.45) is 0 Å². The van der Waals surface area contributed by atoms with Crippen LogP contribution in [0.4, 0.5) is 5.13 Å². The Balaban J connectivity index is 1.67. The lowest BCUT2D eigenvalue weighted by Gasteiger charge is -2.23. The van der Waals surface area contributed by atoms with Gasteiger partial charge in [0.2, 0.25) is 0 Å². The maximum absolute atomic E-state index is 13.1. The predicted molar refractivity (Wildman–Crippen MR) is 117 cm³/mol. The largest absolute Gasteiger partial charge is 0.507 e. The highest BCUT2D eigenvalue weighted by atomic mass is 32.1. The van der Waals surface area contributed by atoms with Gasteiger partial charge in [-0.2, -0.15) is 0 Å². The minimum Gasteiger partial charge on any atom is -0.507 e. The molecule has 32 heavy (non-hydrogen) atoms. The molecule has 2 aliphatic rings. The van der Waals surface area contributed by atoms with Crippen LogP contribution >= 0.6 is 11.3 Å². The summed E-state index contributed by atoms with van der Waals surface area (Å²) in [5, 5.41) is 13.3. The second-order valence-electron chi connectivity index (χ2n) is 7.12. The maximum atomic E-state index is 13.1. The van der Waals surface area contributed by atoms with Crippen molar-refractivity contribution >= 4 is 33.9 Å². The Labute approximate surface area is 187 Å². The van der Waals surface area contributed by atoms with Gasteiger partial charge in [0.15, 0.2) is 16.6 Å². The van der Waals surface area contributed by atoms with Crippen molar-refractivity contribution in [3.05, 3.63) is 70.7 Å². The molecule has 1 unspecified atom stereocenters. The van der Waals surface area contributed by atoms with Gasteiger partial charge in [0.1, 0.15) is 24.7 Å². The molecular weight excluding hydrogens is 432 g/mol. The highest BCUT2D eigenvalue weighted by Crippen LogP contribution is 2.43. The van der Waals surface area contributed by atoms with Crippen LogP contribution in [0.2, 0.25) is 0 Å². The summed E-state index contributed by atoms with van der Waals surface area (Å²) in [5.74, 6) is -0.168. The van der Waals surface area contributed by atoms with E-state index in [0.717, 1.165) is 0 Å². The second kappa shape index (κ2) is 8.01. The van der Waals surface area contributed by atoms with Crippen LogP contribution in [-0.2, 0) is 9.59 Å². The number of rotatable bonds is 4. The number of ether oxygens (including phenoxy) is 3. The first-order chi connectivity index (χ1) is 15.6. The van der Waals surface area contributed by atoms with E-state index < -0.39 is 17.7 Å². The predicted octanol–water partition coefficient (Wildman–Crippen LogP) is 3.55. The van der Waals surface area contributed by atoms with Crippen molar-refractivity contribution in [2.45, 2.75) is 6.04 Å². The Bertz CT molecular complexity index is 1220. The molecule has 2 aliphatic heterocycles. The number of aliphatic hydroxyl groups excluding tert-OH is 1. The van der Waals surface area contributed by atoms with Crippen LogP contribution in [0.5, 0.6) is 17.2 Å². The van der Waals surface area contributed by atoms with Gasteiger partial charge >= 0.3 is 5.91 Å². The number of benzene rings is 2. The van der Waals surface area contributed by atoms with E-state index in [2.05, 4.69) is 4.98 Å². The first-order valence-corrected chi connectivity index (χ1v) is 10.7. The van der Waals surface area contributed by atoms with Crippen molar-refractivity contribution in [1.82, 2.24) is 4.98 Å². The topological polar surface area (TPSA) is 98.2 Å². The molecule has 0 saturated carbocycles. The molecule has 1 amide bonds. The summed E-state index contributed by atoms with van der Waals surface area (Å²) >= 11 is 1.24. The van der Waals surface area contributed by atoms with E-state index in [9.17, 15) is 14.7 Å². The zero-order valence-corrected chi connectivity index (χ0v) is 17.8. The number of methoxy groups -OCH3 is 1. The minimum absolute atomic E-state index is 0.0213. The average Bonchev–Trinajstić information content (AvgIpc) is 3.45. The minimum atomic E-state index is -0.847. The number of ketones is 1. The number of nitrogens with zero attached hydrogens (tertiary/aromatic N) is 2. The fourth-order valence-corrected chi connectivity index (χ4v) is 4.48. The van der Waals surface area contributed by atoms with Gasteiger partial charge in [-0.05, 0) is 35.9 Å². The SMILES string of the molecule is COc1ccc(C2C(=C(O)c3ccc4c(c3)OCCO4)C(=O)C(=O)N2c2nccs2)cc1. The first-order valence-electron chi connectivity index (χ1n) is 9.83. The summed E-state index contributed by atoms with van der Waals surface area (Å²) in [6.45, 7) is 0.826. The molecule has 162 valence electrons. The third-order valence-corrected chi connectivity index (χ3v) is 6.09. The van der Waals surface area contributed by atoms with Gasteiger partial charge in [-0.15, -0.1) is 11.3 Å². The summed E-state index contributed by atoms with van der Waals surface area (Å²) < 4.78 is 16.4. The van der Waals surface area contributed by atoms with E-state index in [0.29, 0.717) is 46.7 Å². The van der Waals surface area contributed by atoms with Crippen LogP contribution in [0, 0.1) is 0 Å². The molecule has 0 radical (unpaired) electrons. The van der Waals surface area contributed by atoms with Crippen molar-refractivity contribution in [2.75, 3.05) is 25.2 Å². The van der Waals surface area contributed by atoms with E-state index in [1.807, 2.05) is 0 Å². The molecule has 8 nitrogen and oxygen atoms in total. The first kappa shape index (κ1) is 20.1. The lowest BCUT2D eigenvalue weighted by atomic mass is 9.95. The van der Waals surface area contributed by atoms with Gasteiger partial charge in [0, 0.05) is 17.1 Å². The van der Waals surface area contributed by atoms with Gasteiger partial charge in [0.25, 0.3) is 5.78 Å². The summed E-state index contributed by atoms with van der Waals surface area (Å²) in [6, 6.07) is 11.0. The van der Waals surface area contributed by atoms with Crippen LogP contribution in [-0.4, -0.2) is 42.1 Å². The summed E-state index contributed by atoms with van der Waals surface area (Å²) in [7, 11) is 1.55. The number of aromatic nitrogens is 1.